The lowest BCUT2D eigenvalue weighted by Gasteiger charge is -2.18. The van der Waals surface area contributed by atoms with Crippen LogP contribution in [0, 0.1) is 0 Å². The Labute approximate surface area is 172 Å². The highest BCUT2D eigenvalue weighted by molar-refractivity contribution is 5.78. The molecule has 7 nitrogen and oxygen atoms in total. The molecule has 0 spiro atoms. The van der Waals surface area contributed by atoms with E-state index in [9.17, 15) is 4.79 Å². The van der Waals surface area contributed by atoms with Crippen LogP contribution in [0.3, 0.4) is 0 Å². The summed E-state index contributed by atoms with van der Waals surface area (Å²) < 4.78 is 21.2. The van der Waals surface area contributed by atoms with Crippen molar-refractivity contribution in [2.45, 2.75) is 13.0 Å². The molecule has 0 fully saturated rings. The van der Waals surface area contributed by atoms with E-state index in [0.29, 0.717) is 37.6 Å². The van der Waals surface area contributed by atoms with E-state index in [-0.39, 0.29) is 5.91 Å². The minimum atomic E-state index is -0.0274. The molecule has 2 aromatic carbocycles. The third-order valence-corrected chi connectivity index (χ3v) is 4.53. The summed E-state index contributed by atoms with van der Waals surface area (Å²) in [5.41, 5.74) is 2.06. The number of ether oxygens (including phenoxy) is 4. The maximum Gasteiger partial charge on any atom is 0.234 e. The van der Waals surface area contributed by atoms with Gasteiger partial charge in [-0.05, 0) is 37.2 Å². The number of carbonyl (C=O) groups is 1. The molecule has 2 rings (SSSR count). The highest BCUT2D eigenvalue weighted by atomic mass is 16.5. The average Bonchev–Trinajstić information content (AvgIpc) is 2.73. The summed E-state index contributed by atoms with van der Waals surface area (Å²) in [7, 11) is 8.36. The van der Waals surface area contributed by atoms with Gasteiger partial charge >= 0.3 is 0 Å². The minimum Gasteiger partial charge on any atom is -0.497 e. The lowest BCUT2D eigenvalue weighted by Crippen LogP contribution is -2.35. The summed E-state index contributed by atoms with van der Waals surface area (Å²) >= 11 is 0. The second kappa shape index (κ2) is 11.2. The van der Waals surface area contributed by atoms with Gasteiger partial charge in [0, 0.05) is 24.7 Å². The summed E-state index contributed by atoms with van der Waals surface area (Å²) in [6.45, 7) is 1.44. The Kier molecular flexibility index (Phi) is 8.61. The van der Waals surface area contributed by atoms with Crippen LogP contribution in [0.5, 0.6) is 23.0 Å². The van der Waals surface area contributed by atoms with Crippen LogP contribution in [0.4, 0.5) is 0 Å². The molecular weight excluding hydrogens is 372 g/mol. The van der Waals surface area contributed by atoms with E-state index >= 15 is 0 Å². The Balaban J connectivity index is 1.82. The number of likely N-dealkylation sites (N-methyl/N-ethyl adjacent to an activating group) is 1. The van der Waals surface area contributed by atoms with Gasteiger partial charge in [0.15, 0.2) is 11.5 Å². The zero-order valence-corrected chi connectivity index (χ0v) is 17.8. The number of nitrogens with one attached hydrogen (secondary N) is 1. The molecule has 158 valence electrons. The van der Waals surface area contributed by atoms with E-state index < -0.39 is 0 Å². The van der Waals surface area contributed by atoms with E-state index in [1.807, 2.05) is 48.3 Å². The minimum absolute atomic E-state index is 0.0274. The Bertz CT molecular complexity index is 810. The van der Waals surface area contributed by atoms with Gasteiger partial charge in [-0.2, -0.15) is 0 Å². The largest absolute Gasteiger partial charge is 0.497 e. The Hall–Kier alpha value is -2.93. The van der Waals surface area contributed by atoms with E-state index in [4.69, 9.17) is 18.9 Å². The molecule has 0 unspecified atom stereocenters. The van der Waals surface area contributed by atoms with Crippen LogP contribution in [0.1, 0.15) is 11.1 Å². The summed E-state index contributed by atoms with van der Waals surface area (Å²) in [6, 6.07) is 11.4. The van der Waals surface area contributed by atoms with Gasteiger partial charge in [0.1, 0.15) is 11.5 Å². The highest BCUT2D eigenvalue weighted by Crippen LogP contribution is 2.27. The Morgan fingerprint density at radius 2 is 1.62 bits per heavy atom. The van der Waals surface area contributed by atoms with Gasteiger partial charge in [-0.3, -0.25) is 9.69 Å². The predicted molar refractivity (Wildman–Crippen MR) is 112 cm³/mol. The smallest absolute Gasteiger partial charge is 0.234 e. The Morgan fingerprint density at radius 1 is 0.897 bits per heavy atom. The van der Waals surface area contributed by atoms with Crippen molar-refractivity contribution < 1.29 is 23.7 Å². The first-order chi connectivity index (χ1) is 14.0. The van der Waals surface area contributed by atoms with Crippen molar-refractivity contribution in [3.8, 4) is 23.0 Å². The topological polar surface area (TPSA) is 69.3 Å². The second-order valence-corrected chi connectivity index (χ2v) is 6.64. The summed E-state index contributed by atoms with van der Waals surface area (Å²) in [5, 5.41) is 2.96. The lowest BCUT2D eigenvalue weighted by molar-refractivity contribution is -0.122. The fourth-order valence-electron chi connectivity index (χ4n) is 3.01. The molecule has 0 aliphatic rings. The van der Waals surface area contributed by atoms with Crippen molar-refractivity contribution in [3.63, 3.8) is 0 Å². The molecule has 2 aromatic rings. The van der Waals surface area contributed by atoms with Crippen molar-refractivity contribution in [2.24, 2.45) is 0 Å². The molecule has 0 saturated heterocycles. The van der Waals surface area contributed by atoms with Crippen molar-refractivity contribution in [1.82, 2.24) is 10.2 Å². The van der Waals surface area contributed by atoms with Crippen LogP contribution in [0.2, 0.25) is 0 Å². The van der Waals surface area contributed by atoms with Crippen LogP contribution in [-0.4, -0.2) is 59.4 Å². The number of amides is 1. The van der Waals surface area contributed by atoms with E-state index in [0.717, 1.165) is 22.6 Å². The number of nitrogens with zero attached hydrogens (tertiary/aromatic N) is 1. The second-order valence-electron chi connectivity index (χ2n) is 6.64. The van der Waals surface area contributed by atoms with Crippen molar-refractivity contribution in [3.05, 3.63) is 47.5 Å². The molecule has 1 N–H and O–H groups in total. The van der Waals surface area contributed by atoms with Crippen LogP contribution >= 0.6 is 0 Å². The third-order valence-electron chi connectivity index (χ3n) is 4.53. The third kappa shape index (κ3) is 6.57. The van der Waals surface area contributed by atoms with E-state index in [1.165, 1.54) is 0 Å². The highest BCUT2D eigenvalue weighted by Gasteiger charge is 2.11. The van der Waals surface area contributed by atoms with Gasteiger partial charge < -0.3 is 24.3 Å². The fraction of sp³-hybridized carbons (Fsp3) is 0.409. The van der Waals surface area contributed by atoms with Crippen LogP contribution in [0.25, 0.3) is 0 Å². The van der Waals surface area contributed by atoms with Crippen LogP contribution in [-0.2, 0) is 17.8 Å². The molecule has 0 heterocycles. The standard InChI is InChI=1S/C22H30N2O5/c1-24(14-17-7-8-18(26-2)13-20(17)28-4)15-22(25)23-11-10-16-6-9-19(27-3)21(12-16)29-5/h6-9,12-13H,10-11,14-15H2,1-5H3,(H,23,25). The zero-order chi connectivity index (χ0) is 21.2. The fourth-order valence-corrected chi connectivity index (χ4v) is 3.01. The normalized spacial score (nSPS) is 10.6. The monoisotopic (exact) mass is 402 g/mol. The van der Waals surface area contributed by atoms with Crippen molar-refractivity contribution in [2.75, 3.05) is 48.6 Å². The molecule has 0 bridgehead atoms. The lowest BCUT2D eigenvalue weighted by atomic mass is 10.1. The number of benzene rings is 2. The van der Waals surface area contributed by atoms with Gasteiger partial charge in [-0.15, -0.1) is 0 Å². The van der Waals surface area contributed by atoms with Gasteiger partial charge in [-0.1, -0.05) is 12.1 Å². The number of rotatable bonds is 11. The quantitative estimate of drug-likeness (QED) is 0.623. The molecule has 1 amide bonds. The SMILES string of the molecule is COc1ccc(CN(C)CC(=O)NCCc2ccc(OC)c(OC)c2)c(OC)c1. The van der Waals surface area contributed by atoms with Crippen molar-refractivity contribution >= 4 is 5.91 Å². The predicted octanol–water partition coefficient (Wildman–Crippen LogP) is 2.51. The molecule has 0 saturated carbocycles. The summed E-state index contributed by atoms with van der Waals surface area (Å²) in [6.07, 6.45) is 0.710. The zero-order valence-electron chi connectivity index (χ0n) is 17.8. The average molecular weight is 402 g/mol. The van der Waals surface area contributed by atoms with Crippen molar-refractivity contribution in [1.29, 1.82) is 0 Å². The number of hydrogen-bond donors (Lipinski definition) is 1. The summed E-state index contributed by atoms with van der Waals surface area (Å²) in [5.74, 6) is 2.83. The molecule has 0 radical (unpaired) electrons. The first-order valence-electron chi connectivity index (χ1n) is 9.37. The van der Waals surface area contributed by atoms with Crippen LogP contribution in [0.15, 0.2) is 36.4 Å². The molecule has 0 aromatic heterocycles. The Morgan fingerprint density at radius 3 is 2.28 bits per heavy atom. The van der Waals surface area contributed by atoms with E-state index in [1.54, 1.807) is 28.4 Å². The molecular formula is C22H30N2O5. The number of hydrogen-bond acceptors (Lipinski definition) is 6. The van der Waals surface area contributed by atoms with Gasteiger partial charge in [0.25, 0.3) is 0 Å². The van der Waals surface area contributed by atoms with Crippen LogP contribution < -0.4 is 24.3 Å². The molecule has 0 atom stereocenters. The molecule has 29 heavy (non-hydrogen) atoms. The summed E-state index contributed by atoms with van der Waals surface area (Å²) in [4.78, 5) is 14.2. The number of carbonyl (C=O) groups excluding carboxylic acids is 1. The van der Waals surface area contributed by atoms with E-state index in [2.05, 4.69) is 5.32 Å². The van der Waals surface area contributed by atoms with Gasteiger partial charge in [0.2, 0.25) is 5.91 Å². The van der Waals surface area contributed by atoms with Gasteiger partial charge in [-0.25, -0.2) is 0 Å². The first-order valence-corrected chi connectivity index (χ1v) is 9.37. The maximum atomic E-state index is 12.3. The maximum absolute atomic E-state index is 12.3. The molecule has 0 aliphatic carbocycles. The molecule has 0 aliphatic heterocycles. The number of methoxy groups -OCH3 is 4. The first kappa shape index (κ1) is 22.4. The molecule has 7 heteroatoms. The van der Waals surface area contributed by atoms with Gasteiger partial charge in [0.05, 0.1) is 35.0 Å².